The van der Waals surface area contributed by atoms with Gasteiger partial charge in [-0.3, -0.25) is 4.79 Å². The molecule has 2 rings (SSSR count). The maximum absolute atomic E-state index is 12.1. The van der Waals surface area contributed by atoms with Crippen LogP contribution >= 0.6 is 0 Å². The summed E-state index contributed by atoms with van der Waals surface area (Å²) in [5, 5.41) is 6.10. The minimum atomic E-state index is -0.0477. The molecular formula is C20H26N2O. The van der Waals surface area contributed by atoms with Crippen molar-refractivity contribution in [3.63, 3.8) is 0 Å². The number of carbonyl (C=O) groups is 1. The van der Waals surface area contributed by atoms with E-state index in [1.165, 1.54) is 11.1 Å². The summed E-state index contributed by atoms with van der Waals surface area (Å²) in [7, 11) is 0. The summed E-state index contributed by atoms with van der Waals surface area (Å²) in [5.41, 5.74) is 5.56. The van der Waals surface area contributed by atoms with Crippen molar-refractivity contribution in [2.45, 2.75) is 40.0 Å². The van der Waals surface area contributed by atoms with Crippen molar-refractivity contribution in [3.8, 4) is 0 Å². The van der Waals surface area contributed by atoms with Crippen LogP contribution in [0.25, 0.3) is 0 Å². The van der Waals surface area contributed by atoms with Gasteiger partial charge in [0.15, 0.2) is 0 Å². The molecular weight excluding hydrogens is 284 g/mol. The summed E-state index contributed by atoms with van der Waals surface area (Å²) in [6.45, 7) is 10.9. The summed E-state index contributed by atoms with van der Waals surface area (Å²) >= 11 is 0. The largest absolute Gasteiger partial charge is 0.376 e. The Kier molecular flexibility index (Phi) is 5.09. The van der Waals surface area contributed by atoms with Crippen molar-refractivity contribution in [1.82, 2.24) is 0 Å². The Labute approximate surface area is 139 Å². The predicted molar refractivity (Wildman–Crippen MR) is 98.2 cm³/mol. The minimum Gasteiger partial charge on any atom is -0.376 e. The number of hydrogen-bond donors (Lipinski definition) is 2. The Bertz CT molecular complexity index is 682. The fourth-order valence-electron chi connectivity index (χ4n) is 2.45. The van der Waals surface area contributed by atoms with Gasteiger partial charge in [0.2, 0.25) is 5.91 Å². The maximum Gasteiger partial charge on any atom is 0.243 e. The first-order chi connectivity index (χ1) is 10.8. The van der Waals surface area contributed by atoms with E-state index < -0.39 is 0 Å². The summed E-state index contributed by atoms with van der Waals surface area (Å²) < 4.78 is 0. The average molecular weight is 310 g/mol. The molecule has 0 unspecified atom stereocenters. The van der Waals surface area contributed by atoms with Crippen molar-refractivity contribution >= 4 is 17.3 Å². The van der Waals surface area contributed by atoms with Crippen LogP contribution in [0.4, 0.5) is 11.4 Å². The fourth-order valence-corrected chi connectivity index (χ4v) is 2.45. The quantitative estimate of drug-likeness (QED) is 0.863. The lowest BCUT2D eigenvalue weighted by atomic mass is 9.87. The molecule has 23 heavy (non-hydrogen) atoms. The fraction of sp³-hybridized carbons (Fsp3) is 0.350. The average Bonchev–Trinajstić information content (AvgIpc) is 2.46. The zero-order chi connectivity index (χ0) is 17.0. The lowest BCUT2D eigenvalue weighted by Gasteiger charge is -2.19. The summed E-state index contributed by atoms with van der Waals surface area (Å²) in [5.74, 6) is -0.0477. The van der Waals surface area contributed by atoms with E-state index in [4.69, 9.17) is 0 Å². The number of amides is 1. The molecule has 0 saturated heterocycles. The van der Waals surface area contributed by atoms with Crippen molar-refractivity contribution < 1.29 is 4.79 Å². The molecule has 2 aromatic carbocycles. The van der Waals surface area contributed by atoms with E-state index in [0.29, 0.717) is 0 Å². The van der Waals surface area contributed by atoms with Crippen LogP contribution < -0.4 is 10.6 Å². The van der Waals surface area contributed by atoms with Crippen LogP contribution in [0.3, 0.4) is 0 Å². The highest BCUT2D eigenvalue weighted by molar-refractivity contribution is 5.93. The van der Waals surface area contributed by atoms with Gasteiger partial charge in [-0.05, 0) is 48.6 Å². The van der Waals surface area contributed by atoms with Crippen LogP contribution in [-0.2, 0) is 10.2 Å². The van der Waals surface area contributed by atoms with Gasteiger partial charge < -0.3 is 10.6 Å². The molecule has 1 amide bonds. The second-order valence-electron chi connectivity index (χ2n) is 7.05. The second-order valence-corrected chi connectivity index (χ2v) is 7.05. The van der Waals surface area contributed by atoms with E-state index in [9.17, 15) is 4.79 Å². The molecule has 0 aliphatic heterocycles. The highest BCUT2D eigenvalue weighted by Crippen LogP contribution is 2.23. The summed E-state index contributed by atoms with van der Waals surface area (Å²) in [4.78, 5) is 12.1. The minimum absolute atomic E-state index is 0.0477. The molecule has 122 valence electrons. The molecule has 2 aromatic rings. The molecule has 3 heteroatoms. The van der Waals surface area contributed by atoms with Crippen LogP contribution in [0.2, 0.25) is 0 Å². The number of carbonyl (C=O) groups excluding carboxylic acids is 1. The molecule has 0 saturated carbocycles. The van der Waals surface area contributed by atoms with Gasteiger partial charge in [-0.15, -0.1) is 0 Å². The van der Waals surface area contributed by atoms with Gasteiger partial charge in [-0.2, -0.15) is 0 Å². The van der Waals surface area contributed by atoms with E-state index in [-0.39, 0.29) is 17.9 Å². The molecule has 0 aliphatic rings. The van der Waals surface area contributed by atoms with Crippen LogP contribution in [-0.4, -0.2) is 12.5 Å². The molecule has 0 atom stereocenters. The smallest absolute Gasteiger partial charge is 0.243 e. The first-order valence-electron chi connectivity index (χ1n) is 7.97. The van der Waals surface area contributed by atoms with Crippen LogP contribution in [0.5, 0.6) is 0 Å². The Morgan fingerprint density at radius 3 is 2.22 bits per heavy atom. The van der Waals surface area contributed by atoms with Gasteiger partial charge in [0, 0.05) is 11.4 Å². The van der Waals surface area contributed by atoms with Crippen LogP contribution in [0, 0.1) is 13.8 Å². The first-order valence-corrected chi connectivity index (χ1v) is 7.97. The number of hydrogen-bond acceptors (Lipinski definition) is 2. The molecule has 0 heterocycles. The van der Waals surface area contributed by atoms with Crippen LogP contribution in [0.1, 0.15) is 37.5 Å². The molecule has 0 fully saturated rings. The van der Waals surface area contributed by atoms with Crippen LogP contribution in [0.15, 0.2) is 42.5 Å². The van der Waals surface area contributed by atoms with Gasteiger partial charge in [-0.1, -0.05) is 50.6 Å². The van der Waals surface area contributed by atoms with E-state index in [1.807, 2.05) is 31.2 Å². The lowest BCUT2D eigenvalue weighted by molar-refractivity contribution is -0.114. The third-order valence-electron chi connectivity index (χ3n) is 3.86. The Hall–Kier alpha value is -2.29. The third-order valence-corrected chi connectivity index (χ3v) is 3.86. The van der Waals surface area contributed by atoms with Crippen molar-refractivity contribution in [1.29, 1.82) is 0 Å². The number of aryl methyl sites for hydroxylation is 2. The van der Waals surface area contributed by atoms with E-state index in [0.717, 1.165) is 16.9 Å². The lowest BCUT2D eigenvalue weighted by Crippen LogP contribution is -2.22. The summed E-state index contributed by atoms with van der Waals surface area (Å²) in [6, 6.07) is 14.2. The van der Waals surface area contributed by atoms with E-state index in [1.54, 1.807) is 0 Å². The van der Waals surface area contributed by atoms with E-state index in [2.05, 4.69) is 56.5 Å². The number of benzene rings is 2. The van der Waals surface area contributed by atoms with Crippen molar-refractivity contribution in [3.05, 3.63) is 59.2 Å². The molecule has 0 aromatic heterocycles. The van der Waals surface area contributed by atoms with Gasteiger partial charge >= 0.3 is 0 Å². The monoisotopic (exact) mass is 310 g/mol. The van der Waals surface area contributed by atoms with Crippen molar-refractivity contribution in [2.75, 3.05) is 17.2 Å². The molecule has 2 N–H and O–H groups in total. The van der Waals surface area contributed by atoms with Crippen molar-refractivity contribution in [2.24, 2.45) is 0 Å². The zero-order valence-corrected chi connectivity index (χ0v) is 14.7. The first kappa shape index (κ1) is 17.1. The molecule has 0 aliphatic carbocycles. The molecule has 0 spiro atoms. The predicted octanol–water partition coefficient (Wildman–Crippen LogP) is 4.65. The number of rotatable bonds is 4. The van der Waals surface area contributed by atoms with Gasteiger partial charge in [0.05, 0.1) is 6.54 Å². The molecule has 0 bridgehead atoms. The Morgan fingerprint density at radius 2 is 1.65 bits per heavy atom. The summed E-state index contributed by atoms with van der Waals surface area (Å²) in [6.07, 6.45) is 0. The standard InChI is InChI=1S/C20H26N2O/c1-14-6-11-18(15(2)12-14)21-13-19(23)22-17-9-7-16(8-10-17)20(3,4)5/h6-12,21H,13H2,1-5H3,(H,22,23). The second kappa shape index (κ2) is 6.86. The van der Waals surface area contributed by atoms with E-state index >= 15 is 0 Å². The Balaban J connectivity index is 1.92. The Morgan fingerprint density at radius 1 is 1.00 bits per heavy atom. The molecule has 0 radical (unpaired) electrons. The molecule has 3 nitrogen and oxygen atoms in total. The highest BCUT2D eigenvalue weighted by atomic mass is 16.1. The zero-order valence-electron chi connectivity index (χ0n) is 14.7. The SMILES string of the molecule is Cc1ccc(NCC(=O)Nc2ccc(C(C)(C)C)cc2)c(C)c1. The topological polar surface area (TPSA) is 41.1 Å². The van der Waals surface area contributed by atoms with Gasteiger partial charge in [0.1, 0.15) is 0 Å². The van der Waals surface area contributed by atoms with Gasteiger partial charge in [-0.25, -0.2) is 0 Å². The number of nitrogens with one attached hydrogen (secondary N) is 2. The number of anilines is 2. The third kappa shape index (κ3) is 4.85. The van der Waals surface area contributed by atoms with Gasteiger partial charge in [0.25, 0.3) is 0 Å². The highest BCUT2D eigenvalue weighted by Gasteiger charge is 2.13. The normalized spacial score (nSPS) is 11.2. The maximum atomic E-state index is 12.1.